The van der Waals surface area contributed by atoms with Crippen LogP contribution in [-0.4, -0.2) is 52.1 Å². The van der Waals surface area contributed by atoms with Gasteiger partial charge in [-0.05, 0) is 75.4 Å². The van der Waals surface area contributed by atoms with E-state index in [2.05, 4.69) is 32.6 Å². The minimum absolute atomic E-state index is 0.0106. The molecule has 2 N–H and O–H groups in total. The highest BCUT2D eigenvalue weighted by atomic mass is 16.6. The van der Waals surface area contributed by atoms with E-state index >= 15 is 0 Å². The molecule has 184 valence electrons. The van der Waals surface area contributed by atoms with Gasteiger partial charge >= 0.3 is 0 Å². The lowest BCUT2D eigenvalue weighted by atomic mass is 9.64. The first-order valence-corrected chi connectivity index (χ1v) is 12.4. The monoisotopic (exact) mass is 457 g/mol. The summed E-state index contributed by atoms with van der Waals surface area (Å²) in [6, 6.07) is 0. The Balaban J connectivity index is 1.75. The maximum atomic E-state index is 12.5. The van der Waals surface area contributed by atoms with E-state index in [0.29, 0.717) is 11.5 Å². The second-order valence-electron chi connectivity index (χ2n) is 11.4. The molecule has 5 heteroatoms. The molecule has 33 heavy (non-hydrogen) atoms. The van der Waals surface area contributed by atoms with Gasteiger partial charge in [-0.3, -0.25) is 4.79 Å². The molecule has 0 aromatic carbocycles. The van der Waals surface area contributed by atoms with Crippen LogP contribution in [0.5, 0.6) is 0 Å². The quantitative estimate of drug-likeness (QED) is 0.447. The summed E-state index contributed by atoms with van der Waals surface area (Å²) in [6.07, 6.45) is 11.6. The number of nitrogens with zero attached hydrogens (tertiary/aromatic N) is 1. The van der Waals surface area contributed by atoms with Crippen molar-refractivity contribution in [3.05, 3.63) is 47.1 Å². The first-order chi connectivity index (χ1) is 15.3. The van der Waals surface area contributed by atoms with E-state index in [0.717, 1.165) is 24.8 Å². The molecular weight excluding hydrogens is 414 g/mol. The molecule has 3 aliphatic rings. The molecule has 0 saturated heterocycles. The summed E-state index contributed by atoms with van der Waals surface area (Å²) in [5.41, 5.74) is 4.35. The summed E-state index contributed by atoms with van der Waals surface area (Å²) < 4.78 is 5.70. The van der Waals surface area contributed by atoms with Crippen LogP contribution >= 0.6 is 0 Å². The van der Waals surface area contributed by atoms with Crippen molar-refractivity contribution in [1.82, 2.24) is 4.90 Å². The van der Waals surface area contributed by atoms with Gasteiger partial charge in [0.25, 0.3) is 0 Å². The predicted molar refractivity (Wildman–Crippen MR) is 132 cm³/mol. The molecule has 3 rings (SSSR count). The highest BCUT2D eigenvalue weighted by Gasteiger charge is 2.44. The normalized spacial score (nSPS) is 35.0. The lowest BCUT2D eigenvalue weighted by molar-refractivity contribution is -0.222. The maximum Gasteiger partial charge on any atom is 0.248 e. The average Bonchev–Trinajstić information content (AvgIpc) is 3.09. The van der Waals surface area contributed by atoms with Gasteiger partial charge in [-0.25, -0.2) is 0 Å². The molecule has 0 bridgehead atoms. The molecule has 0 spiro atoms. The van der Waals surface area contributed by atoms with Crippen LogP contribution in [0, 0.1) is 11.3 Å². The summed E-state index contributed by atoms with van der Waals surface area (Å²) in [7, 11) is 1.73. The minimum atomic E-state index is -1.59. The van der Waals surface area contributed by atoms with E-state index in [4.69, 9.17) is 4.74 Å². The number of likely N-dealkylation sites (N-methyl/N-ethyl adjacent to an activating group) is 1. The Kier molecular flexibility index (Phi) is 7.48. The topological polar surface area (TPSA) is 70.0 Å². The highest BCUT2D eigenvalue weighted by molar-refractivity contribution is 5.77. The number of rotatable bonds is 5. The second-order valence-corrected chi connectivity index (χ2v) is 11.4. The van der Waals surface area contributed by atoms with Crippen LogP contribution in [0.3, 0.4) is 0 Å². The molecule has 4 atom stereocenters. The van der Waals surface area contributed by atoms with E-state index in [1.54, 1.807) is 17.5 Å². The molecule has 0 aromatic heterocycles. The van der Waals surface area contributed by atoms with Gasteiger partial charge in [0.05, 0.1) is 6.10 Å². The van der Waals surface area contributed by atoms with Crippen LogP contribution in [-0.2, 0) is 9.53 Å². The molecule has 5 nitrogen and oxygen atoms in total. The van der Waals surface area contributed by atoms with Crippen molar-refractivity contribution in [3.63, 3.8) is 0 Å². The smallest absolute Gasteiger partial charge is 0.248 e. The Labute approximate surface area is 199 Å². The van der Waals surface area contributed by atoms with Crippen LogP contribution in [0.2, 0.25) is 0 Å². The largest absolute Gasteiger partial charge is 0.388 e. The van der Waals surface area contributed by atoms with Crippen LogP contribution < -0.4 is 0 Å². The lowest BCUT2D eigenvalue weighted by Crippen LogP contribution is -2.48. The molecular formula is C28H43NO4. The van der Waals surface area contributed by atoms with Gasteiger partial charge in [0.15, 0.2) is 5.79 Å². The van der Waals surface area contributed by atoms with Crippen molar-refractivity contribution >= 4 is 5.91 Å². The van der Waals surface area contributed by atoms with Crippen LogP contribution in [0.1, 0.15) is 79.6 Å². The SMILES string of the molecule is C=C1C(=CC=C2CCC[C@]3(C)C(CC)=CC[C@@H]23)C[C@](O)(OCC(=O)N(C)C(C)(C)C)C[C@@H]1O. The Bertz CT molecular complexity index is 877. The third-order valence-electron chi connectivity index (χ3n) is 8.23. The number of carbonyl (C=O) groups is 1. The standard InChI is InChI=1S/C28H43NO4/c1-8-22-13-14-23-20(10-9-15-27(22,23)6)11-12-21-16-28(32,17-24(30)19(21)2)33-18-25(31)29(7)26(3,4)5/h11-13,23-24,30,32H,2,8-10,14-18H2,1,3-7H3/t23-,24-,27+,28-/m0/s1. The van der Waals surface area contributed by atoms with Crippen molar-refractivity contribution in [2.45, 2.75) is 97.0 Å². The van der Waals surface area contributed by atoms with Crippen molar-refractivity contribution in [1.29, 1.82) is 0 Å². The molecule has 2 fully saturated rings. The number of hydrogen-bond donors (Lipinski definition) is 2. The first kappa shape index (κ1) is 25.9. The Morgan fingerprint density at radius 3 is 2.70 bits per heavy atom. The van der Waals surface area contributed by atoms with Gasteiger partial charge in [-0.1, -0.05) is 49.8 Å². The summed E-state index contributed by atoms with van der Waals surface area (Å²) in [5, 5.41) is 21.7. The van der Waals surface area contributed by atoms with E-state index in [-0.39, 0.29) is 36.3 Å². The van der Waals surface area contributed by atoms with Crippen LogP contribution in [0.15, 0.2) is 47.1 Å². The van der Waals surface area contributed by atoms with Crippen LogP contribution in [0.4, 0.5) is 0 Å². The van der Waals surface area contributed by atoms with E-state index in [1.807, 2.05) is 26.8 Å². The third-order valence-corrected chi connectivity index (χ3v) is 8.23. The summed E-state index contributed by atoms with van der Waals surface area (Å²) >= 11 is 0. The number of fused-ring (bicyclic) bond motifs is 1. The molecule has 0 unspecified atom stereocenters. The Morgan fingerprint density at radius 1 is 1.36 bits per heavy atom. The summed E-state index contributed by atoms with van der Waals surface area (Å²) in [6.45, 7) is 14.3. The molecule has 1 amide bonds. The summed E-state index contributed by atoms with van der Waals surface area (Å²) in [4.78, 5) is 14.1. The minimum Gasteiger partial charge on any atom is -0.388 e. The average molecular weight is 458 g/mol. The number of aliphatic hydroxyl groups excluding tert-OH is 1. The van der Waals surface area contributed by atoms with Gasteiger partial charge in [0, 0.05) is 25.4 Å². The van der Waals surface area contributed by atoms with Gasteiger partial charge in [-0.2, -0.15) is 0 Å². The van der Waals surface area contributed by atoms with Crippen molar-refractivity contribution < 1.29 is 19.7 Å². The van der Waals surface area contributed by atoms with Gasteiger partial charge in [-0.15, -0.1) is 0 Å². The zero-order valence-corrected chi connectivity index (χ0v) is 21.4. The number of hydrogen-bond acceptors (Lipinski definition) is 4. The zero-order chi connectivity index (χ0) is 24.6. The predicted octanol–water partition coefficient (Wildman–Crippen LogP) is 5.06. The lowest BCUT2D eigenvalue weighted by Gasteiger charge is -2.41. The molecule has 0 aliphatic heterocycles. The van der Waals surface area contributed by atoms with Gasteiger partial charge in [0.2, 0.25) is 5.91 Å². The van der Waals surface area contributed by atoms with Gasteiger partial charge < -0.3 is 19.8 Å². The van der Waals surface area contributed by atoms with E-state index in [9.17, 15) is 15.0 Å². The number of allylic oxidation sites excluding steroid dienone is 5. The van der Waals surface area contributed by atoms with E-state index in [1.165, 1.54) is 18.4 Å². The fraction of sp³-hybridized carbons (Fsp3) is 0.679. The number of carbonyl (C=O) groups excluding carboxylic acids is 1. The first-order valence-electron chi connectivity index (χ1n) is 12.4. The Morgan fingerprint density at radius 2 is 2.06 bits per heavy atom. The molecule has 2 saturated carbocycles. The highest BCUT2D eigenvalue weighted by Crippen LogP contribution is 2.55. The Hall–Kier alpha value is -1.69. The summed E-state index contributed by atoms with van der Waals surface area (Å²) in [5.74, 6) is -1.27. The van der Waals surface area contributed by atoms with Crippen LogP contribution in [0.25, 0.3) is 0 Å². The number of aliphatic hydroxyl groups is 2. The molecule has 0 radical (unpaired) electrons. The van der Waals surface area contributed by atoms with Crippen molar-refractivity contribution in [2.24, 2.45) is 11.3 Å². The number of ether oxygens (including phenoxy) is 1. The fourth-order valence-corrected chi connectivity index (χ4v) is 5.73. The fourth-order valence-electron chi connectivity index (χ4n) is 5.73. The second kappa shape index (κ2) is 9.52. The maximum absolute atomic E-state index is 12.5. The number of amides is 1. The van der Waals surface area contributed by atoms with E-state index < -0.39 is 11.9 Å². The zero-order valence-electron chi connectivity index (χ0n) is 21.4. The van der Waals surface area contributed by atoms with Gasteiger partial charge in [0.1, 0.15) is 6.61 Å². The molecule has 0 heterocycles. The third kappa shape index (κ3) is 5.36. The van der Waals surface area contributed by atoms with Crippen molar-refractivity contribution in [3.8, 4) is 0 Å². The molecule has 0 aromatic rings. The molecule has 3 aliphatic carbocycles. The van der Waals surface area contributed by atoms with Crippen molar-refractivity contribution in [2.75, 3.05) is 13.7 Å².